The van der Waals surface area contributed by atoms with Crippen LogP contribution in [0.2, 0.25) is 5.02 Å². The minimum atomic E-state index is 0.278. The van der Waals surface area contributed by atoms with E-state index in [2.05, 4.69) is 5.10 Å². The number of nitrogens with two attached hydrogens (primary N) is 1. The Labute approximate surface area is 88.7 Å². The molecule has 0 aliphatic carbocycles. The van der Waals surface area contributed by atoms with E-state index in [9.17, 15) is 0 Å². The molecule has 0 fully saturated rings. The van der Waals surface area contributed by atoms with Gasteiger partial charge in [0.05, 0.1) is 0 Å². The first-order valence-corrected chi connectivity index (χ1v) is 5.21. The van der Waals surface area contributed by atoms with Gasteiger partial charge >= 0.3 is 0 Å². The molecular weight excluding hydrogens is 202 g/mol. The van der Waals surface area contributed by atoms with E-state index < -0.39 is 0 Å². The van der Waals surface area contributed by atoms with Gasteiger partial charge in [0.1, 0.15) is 5.02 Å². The summed E-state index contributed by atoms with van der Waals surface area (Å²) >= 11 is 5.75. The van der Waals surface area contributed by atoms with E-state index in [0.29, 0.717) is 10.8 Å². The fourth-order valence-electron chi connectivity index (χ4n) is 1.27. The second kappa shape index (κ2) is 5.88. The highest BCUT2D eigenvalue weighted by molar-refractivity contribution is 6.32. The lowest BCUT2D eigenvalue weighted by molar-refractivity contribution is 0.282. The van der Waals surface area contributed by atoms with Crippen molar-refractivity contribution in [1.82, 2.24) is 9.78 Å². The van der Waals surface area contributed by atoms with Gasteiger partial charge in [-0.15, -0.1) is 0 Å². The fourth-order valence-corrected chi connectivity index (χ4v) is 1.42. The average Bonchev–Trinajstić information content (AvgIpc) is 2.46. The van der Waals surface area contributed by atoms with Crippen LogP contribution in [0.1, 0.15) is 25.7 Å². The number of hydrogen-bond acceptors (Lipinski definition) is 3. The minimum absolute atomic E-state index is 0.278. The lowest BCUT2D eigenvalue weighted by Crippen LogP contribution is -1.99. The molecular formula is C9H16ClN3O. The molecule has 0 amide bonds. The number of nitrogen functional groups attached to an aromatic ring is 1. The van der Waals surface area contributed by atoms with Crippen molar-refractivity contribution in [3.05, 3.63) is 11.2 Å². The van der Waals surface area contributed by atoms with Gasteiger partial charge in [-0.25, -0.2) is 0 Å². The molecule has 0 spiro atoms. The number of anilines is 1. The first-order chi connectivity index (χ1) is 6.74. The molecule has 0 radical (unpaired) electrons. The van der Waals surface area contributed by atoms with Crippen LogP contribution in [0, 0.1) is 0 Å². The Hall–Kier alpha value is -0.740. The third-order valence-corrected chi connectivity index (χ3v) is 2.33. The van der Waals surface area contributed by atoms with Crippen LogP contribution in [0.5, 0.6) is 0 Å². The topological polar surface area (TPSA) is 64.1 Å². The van der Waals surface area contributed by atoms with E-state index in [0.717, 1.165) is 32.2 Å². The molecule has 1 aromatic rings. The van der Waals surface area contributed by atoms with E-state index in [4.69, 9.17) is 22.4 Å². The summed E-state index contributed by atoms with van der Waals surface area (Å²) in [5.41, 5.74) is 5.50. The smallest absolute Gasteiger partial charge is 0.164 e. The number of nitrogens with zero attached hydrogens (tertiary/aromatic N) is 2. The fraction of sp³-hybridized carbons (Fsp3) is 0.667. The Kier molecular flexibility index (Phi) is 4.76. The molecule has 1 rings (SSSR count). The number of aromatic nitrogens is 2. The summed E-state index contributed by atoms with van der Waals surface area (Å²) in [4.78, 5) is 0. The predicted molar refractivity (Wildman–Crippen MR) is 57.2 cm³/mol. The third kappa shape index (κ3) is 3.55. The van der Waals surface area contributed by atoms with Gasteiger partial charge in [-0.05, 0) is 12.8 Å². The molecule has 0 aliphatic heterocycles. The number of rotatable bonds is 6. The zero-order valence-corrected chi connectivity index (χ0v) is 8.87. The summed E-state index contributed by atoms with van der Waals surface area (Å²) in [7, 11) is 0. The normalized spacial score (nSPS) is 10.7. The van der Waals surface area contributed by atoms with E-state index in [1.54, 1.807) is 10.9 Å². The summed E-state index contributed by atoms with van der Waals surface area (Å²) in [5, 5.41) is 13.1. The van der Waals surface area contributed by atoms with Crippen molar-refractivity contribution in [1.29, 1.82) is 0 Å². The Balaban J connectivity index is 2.18. The van der Waals surface area contributed by atoms with Gasteiger partial charge in [0.25, 0.3) is 0 Å². The molecule has 5 heteroatoms. The summed E-state index contributed by atoms with van der Waals surface area (Å²) < 4.78 is 1.76. The van der Waals surface area contributed by atoms with Crippen molar-refractivity contribution in [3.8, 4) is 0 Å². The Morgan fingerprint density at radius 3 is 2.64 bits per heavy atom. The van der Waals surface area contributed by atoms with Crippen molar-refractivity contribution < 1.29 is 5.11 Å². The first kappa shape index (κ1) is 11.3. The third-order valence-electron chi connectivity index (χ3n) is 2.04. The van der Waals surface area contributed by atoms with E-state index in [1.165, 1.54) is 0 Å². The maximum Gasteiger partial charge on any atom is 0.164 e. The van der Waals surface area contributed by atoms with E-state index in [1.807, 2.05) is 0 Å². The van der Waals surface area contributed by atoms with Crippen LogP contribution in [-0.2, 0) is 6.54 Å². The molecule has 3 N–H and O–H groups in total. The number of hydrogen-bond donors (Lipinski definition) is 2. The monoisotopic (exact) mass is 217 g/mol. The van der Waals surface area contributed by atoms with Crippen LogP contribution in [0.3, 0.4) is 0 Å². The van der Waals surface area contributed by atoms with E-state index in [-0.39, 0.29) is 6.61 Å². The molecule has 1 heterocycles. The molecule has 0 saturated heterocycles. The highest BCUT2D eigenvalue weighted by Gasteiger charge is 2.01. The van der Waals surface area contributed by atoms with Crippen molar-refractivity contribution in [2.75, 3.05) is 12.3 Å². The lowest BCUT2D eigenvalue weighted by Gasteiger charge is -2.00. The van der Waals surface area contributed by atoms with Gasteiger partial charge in [-0.3, -0.25) is 4.68 Å². The summed E-state index contributed by atoms with van der Waals surface area (Å²) in [6.07, 6.45) is 5.81. The summed E-state index contributed by atoms with van der Waals surface area (Å²) in [6, 6.07) is 0. The first-order valence-electron chi connectivity index (χ1n) is 4.83. The molecule has 0 aliphatic rings. The van der Waals surface area contributed by atoms with Gasteiger partial charge < -0.3 is 10.8 Å². The van der Waals surface area contributed by atoms with Crippen molar-refractivity contribution in [3.63, 3.8) is 0 Å². The summed E-state index contributed by atoms with van der Waals surface area (Å²) in [6.45, 7) is 1.11. The molecule has 0 bridgehead atoms. The second-order valence-electron chi connectivity index (χ2n) is 3.26. The molecule has 0 unspecified atom stereocenters. The molecule has 0 saturated carbocycles. The average molecular weight is 218 g/mol. The molecule has 0 atom stereocenters. The maximum atomic E-state index is 8.57. The quantitative estimate of drug-likeness (QED) is 0.713. The Bertz CT molecular complexity index is 256. The van der Waals surface area contributed by atoms with Crippen LogP contribution >= 0.6 is 11.6 Å². The van der Waals surface area contributed by atoms with Gasteiger partial charge in [0, 0.05) is 19.3 Å². The number of aliphatic hydroxyl groups is 1. The molecule has 1 aromatic heterocycles. The van der Waals surface area contributed by atoms with Gasteiger partial charge in [-0.1, -0.05) is 24.4 Å². The van der Waals surface area contributed by atoms with Crippen molar-refractivity contribution in [2.24, 2.45) is 0 Å². The number of unbranched alkanes of at least 4 members (excludes halogenated alkanes) is 3. The molecule has 4 nitrogen and oxygen atoms in total. The van der Waals surface area contributed by atoms with Crippen LogP contribution in [-0.4, -0.2) is 21.5 Å². The standard InChI is InChI=1S/C9H16ClN3O/c10-8-7-13(12-9(8)11)5-3-1-2-4-6-14/h7,14H,1-6H2,(H2,11,12). The van der Waals surface area contributed by atoms with Crippen molar-refractivity contribution in [2.45, 2.75) is 32.2 Å². The number of aliphatic hydroxyl groups excluding tert-OH is 1. The lowest BCUT2D eigenvalue weighted by atomic mass is 10.2. The predicted octanol–water partition coefficient (Wildman–Crippen LogP) is 1.67. The van der Waals surface area contributed by atoms with Gasteiger partial charge in [0.15, 0.2) is 5.82 Å². The van der Waals surface area contributed by atoms with Crippen LogP contribution in [0.25, 0.3) is 0 Å². The maximum absolute atomic E-state index is 8.57. The van der Waals surface area contributed by atoms with Gasteiger partial charge in [-0.2, -0.15) is 5.10 Å². The van der Waals surface area contributed by atoms with Crippen LogP contribution in [0.4, 0.5) is 5.82 Å². The SMILES string of the molecule is Nc1nn(CCCCCCO)cc1Cl. The van der Waals surface area contributed by atoms with Crippen LogP contribution in [0.15, 0.2) is 6.20 Å². The Morgan fingerprint density at radius 2 is 2.07 bits per heavy atom. The molecule has 0 aromatic carbocycles. The number of halogens is 1. The Morgan fingerprint density at radius 1 is 1.36 bits per heavy atom. The largest absolute Gasteiger partial charge is 0.396 e. The summed E-state index contributed by atoms with van der Waals surface area (Å²) in [5.74, 6) is 0.391. The minimum Gasteiger partial charge on any atom is -0.396 e. The second-order valence-corrected chi connectivity index (χ2v) is 3.67. The number of aryl methyl sites for hydroxylation is 1. The van der Waals surface area contributed by atoms with Crippen molar-refractivity contribution >= 4 is 17.4 Å². The zero-order valence-electron chi connectivity index (χ0n) is 8.12. The zero-order chi connectivity index (χ0) is 10.4. The molecule has 80 valence electrons. The highest BCUT2D eigenvalue weighted by atomic mass is 35.5. The molecule has 14 heavy (non-hydrogen) atoms. The van der Waals surface area contributed by atoms with Crippen LogP contribution < -0.4 is 5.73 Å². The van der Waals surface area contributed by atoms with Gasteiger partial charge in [0.2, 0.25) is 0 Å². The highest BCUT2D eigenvalue weighted by Crippen LogP contribution is 2.15. The van der Waals surface area contributed by atoms with E-state index >= 15 is 0 Å².